The van der Waals surface area contributed by atoms with E-state index in [0.29, 0.717) is 12.0 Å². The summed E-state index contributed by atoms with van der Waals surface area (Å²) in [6, 6.07) is 4.93. The highest BCUT2D eigenvalue weighted by molar-refractivity contribution is 7.09. The molecular weight excluding hydrogens is 318 g/mol. The maximum Gasteiger partial charge on any atom is 0.317 e. The van der Waals surface area contributed by atoms with Gasteiger partial charge < -0.3 is 10.2 Å². The van der Waals surface area contributed by atoms with Crippen LogP contribution in [0.25, 0.3) is 0 Å². The van der Waals surface area contributed by atoms with Gasteiger partial charge in [-0.25, -0.2) is 4.79 Å². The lowest BCUT2D eigenvalue weighted by molar-refractivity contribution is 0.159. The summed E-state index contributed by atoms with van der Waals surface area (Å²) in [4.78, 5) is 18.3. The smallest absolute Gasteiger partial charge is 0.317 e. The van der Waals surface area contributed by atoms with Crippen LogP contribution in [0, 0.1) is 5.92 Å². The SMILES string of the molecule is CN(C(=O)NCC1CCN(Cc2cccs2)CC1)C1CCCCC1. The Labute approximate surface area is 150 Å². The molecule has 0 bridgehead atoms. The summed E-state index contributed by atoms with van der Waals surface area (Å²) in [5, 5.41) is 5.33. The van der Waals surface area contributed by atoms with Gasteiger partial charge in [0, 0.05) is 31.1 Å². The molecule has 2 aliphatic rings. The van der Waals surface area contributed by atoms with Crippen molar-refractivity contribution in [1.29, 1.82) is 0 Å². The second kappa shape index (κ2) is 8.86. The lowest BCUT2D eigenvalue weighted by Gasteiger charge is -2.34. The van der Waals surface area contributed by atoms with Crippen LogP contribution in [0.2, 0.25) is 0 Å². The second-order valence-corrected chi connectivity index (χ2v) is 8.42. The molecule has 0 atom stereocenters. The van der Waals surface area contributed by atoms with Crippen LogP contribution in [0.4, 0.5) is 4.79 Å². The predicted molar refractivity (Wildman–Crippen MR) is 100 cm³/mol. The van der Waals surface area contributed by atoms with Crippen molar-refractivity contribution < 1.29 is 4.79 Å². The largest absolute Gasteiger partial charge is 0.338 e. The number of carbonyl (C=O) groups is 1. The zero-order valence-corrected chi connectivity index (χ0v) is 15.7. The third-order valence-corrected chi connectivity index (χ3v) is 6.51. The lowest BCUT2D eigenvalue weighted by Crippen LogP contribution is -2.46. The Hall–Kier alpha value is -1.07. The van der Waals surface area contributed by atoms with Crippen LogP contribution in [0.5, 0.6) is 0 Å². The molecule has 0 spiro atoms. The Morgan fingerprint density at radius 2 is 2.00 bits per heavy atom. The van der Waals surface area contributed by atoms with Gasteiger partial charge in [-0.1, -0.05) is 25.3 Å². The van der Waals surface area contributed by atoms with E-state index in [9.17, 15) is 4.79 Å². The van der Waals surface area contributed by atoms with Crippen LogP contribution in [-0.4, -0.2) is 48.6 Å². The Kier molecular flexibility index (Phi) is 6.55. The highest BCUT2D eigenvalue weighted by Crippen LogP contribution is 2.22. The van der Waals surface area contributed by atoms with Crippen LogP contribution in [0.15, 0.2) is 17.5 Å². The van der Waals surface area contributed by atoms with E-state index in [2.05, 4.69) is 27.7 Å². The quantitative estimate of drug-likeness (QED) is 0.874. The van der Waals surface area contributed by atoms with Gasteiger partial charge in [-0.3, -0.25) is 4.90 Å². The molecule has 1 saturated heterocycles. The van der Waals surface area contributed by atoms with Gasteiger partial charge in [-0.2, -0.15) is 0 Å². The van der Waals surface area contributed by atoms with Crippen molar-refractivity contribution in [2.45, 2.75) is 57.5 Å². The predicted octanol–water partition coefficient (Wildman–Crippen LogP) is 3.93. The van der Waals surface area contributed by atoms with Crippen molar-refractivity contribution in [1.82, 2.24) is 15.1 Å². The molecule has 24 heavy (non-hydrogen) atoms. The van der Waals surface area contributed by atoms with Crippen molar-refractivity contribution in [3.63, 3.8) is 0 Å². The van der Waals surface area contributed by atoms with Gasteiger partial charge in [0.05, 0.1) is 0 Å². The first kappa shape index (κ1) is 17.7. The molecule has 2 amide bonds. The Morgan fingerprint density at radius 1 is 1.25 bits per heavy atom. The fraction of sp³-hybridized carbons (Fsp3) is 0.737. The summed E-state index contributed by atoms with van der Waals surface area (Å²) in [7, 11) is 1.97. The topological polar surface area (TPSA) is 35.6 Å². The molecule has 3 rings (SSSR count). The third-order valence-electron chi connectivity index (χ3n) is 5.65. The van der Waals surface area contributed by atoms with Gasteiger partial charge in [-0.15, -0.1) is 11.3 Å². The molecule has 1 aliphatic carbocycles. The summed E-state index contributed by atoms with van der Waals surface area (Å²) < 4.78 is 0. The number of piperidine rings is 1. The summed E-state index contributed by atoms with van der Waals surface area (Å²) in [6.45, 7) is 4.22. The van der Waals surface area contributed by atoms with Gasteiger partial charge in [0.15, 0.2) is 0 Å². The number of nitrogens with zero attached hydrogens (tertiary/aromatic N) is 2. The van der Waals surface area contributed by atoms with E-state index in [4.69, 9.17) is 0 Å². The van der Waals surface area contributed by atoms with E-state index < -0.39 is 0 Å². The van der Waals surface area contributed by atoms with Gasteiger partial charge in [0.25, 0.3) is 0 Å². The number of nitrogens with one attached hydrogen (secondary N) is 1. The van der Waals surface area contributed by atoms with E-state index >= 15 is 0 Å². The molecule has 4 nitrogen and oxygen atoms in total. The second-order valence-electron chi connectivity index (χ2n) is 7.39. The molecule has 2 fully saturated rings. The van der Waals surface area contributed by atoms with Crippen molar-refractivity contribution in [2.24, 2.45) is 5.92 Å². The number of hydrogen-bond donors (Lipinski definition) is 1. The summed E-state index contributed by atoms with van der Waals surface area (Å²) in [5.41, 5.74) is 0. The number of carbonyl (C=O) groups excluding carboxylic acids is 1. The van der Waals surface area contributed by atoms with Gasteiger partial charge >= 0.3 is 6.03 Å². The van der Waals surface area contributed by atoms with E-state index in [-0.39, 0.29) is 6.03 Å². The Morgan fingerprint density at radius 3 is 2.67 bits per heavy atom. The van der Waals surface area contributed by atoms with E-state index in [1.807, 2.05) is 23.3 Å². The number of hydrogen-bond acceptors (Lipinski definition) is 3. The summed E-state index contributed by atoms with van der Waals surface area (Å²) >= 11 is 1.84. The third kappa shape index (κ3) is 4.96. The molecule has 1 aromatic heterocycles. The number of amides is 2. The minimum atomic E-state index is 0.128. The van der Waals surface area contributed by atoms with E-state index in [0.717, 1.165) is 26.2 Å². The van der Waals surface area contributed by atoms with Gasteiger partial charge in [0.1, 0.15) is 0 Å². The Bertz CT molecular complexity index is 491. The normalized spacial score (nSPS) is 20.9. The van der Waals surface area contributed by atoms with Crippen LogP contribution >= 0.6 is 11.3 Å². The lowest BCUT2D eigenvalue weighted by atomic mass is 9.94. The van der Waals surface area contributed by atoms with Crippen molar-refractivity contribution in [3.8, 4) is 0 Å². The molecule has 0 radical (unpaired) electrons. The first-order valence-electron chi connectivity index (χ1n) is 9.48. The maximum absolute atomic E-state index is 12.4. The zero-order valence-electron chi connectivity index (χ0n) is 14.9. The summed E-state index contributed by atoms with van der Waals surface area (Å²) in [6.07, 6.45) is 8.60. The molecule has 1 aromatic rings. The minimum absolute atomic E-state index is 0.128. The van der Waals surface area contributed by atoms with Crippen LogP contribution in [-0.2, 0) is 6.54 Å². The number of thiophene rings is 1. The minimum Gasteiger partial charge on any atom is -0.338 e. The highest BCUT2D eigenvalue weighted by atomic mass is 32.1. The Balaban J connectivity index is 1.34. The van der Waals surface area contributed by atoms with Gasteiger partial charge in [-0.05, 0) is 56.1 Å². The molecule has 134 valence electrons. The average Bonchev–Trinajstić information content (AvgIpc) is 3.14. The van der Waals surface area contributed by atoms with Gasteiger partial charge in [0.2, 0.25) is 0 Å². The molecule has 0 unspecified atom stereocenters. The molecular formula is C19H31N3OS. The van der Waals surface area contributed by atoms with E-state index in [1.165, 1.54) is 49.8 Å². The molecule has 5 heteroatoms. The van der Waals surface area contributed by atoms with Crippen LogP contribution in [0.1, 0.15) is 49.8 Å². The van der Waals surface area contributed by atoms with Crippen LogP contribution < -0.4 is 5.32 Å². The number of rotatable bonds is 5. The monoisotopic (exact) mass is 349 g/mol. The molecule has 1 N–H and O–H groups in total. The molecule has 1 aliphatic heterocycles. The van der Waals surface area contributed by atoms with E-state index in [1.54, 1.807) is 0 Å². The fourth-order valence-electron chi connectivity index (χ4n) is 3.96. The molecule has 2 heterocycles. The van der Waals surface area contributed by atoms with Crippen molar-refractivity contribution in [3.05, 3.63) is 22.4 Å². The maximum atomic E-state index is 12.4. The average molecular weight is 350 g/mol. The fourth-order valence-corrected chi connectivity index (χ4v) is 4.71. The number of urea groups is 1. The van der Waals surface area contributed by atoms with Crippen molar-refractivity contribution >= 4 is 17.4 Å². The number of likely N-dealkylation sites (tertiary alicyclic amines) is 1. The summed E-state index contributed by atoms with van der Waals surface area (Å²) in [5.74, 6) is 0.633. The molecule has 1 saturated carbocycles. The highest BCUT2D eigenvalue weighted by Gasteiger charge is 2.24. The first-order valence-corrected chi connectivity index (χ1v) is 10.4. The van der Waals surface area contributed by atoms with Crippen molar-refractivity contribution in [2.75, 3.05) is 26.7 Å². The zero-order chi connectivity index (χ0) is 16.8. The van der Waals surface area contributed by atoms with Crippen LogP contribution in [0.3, 0.4) is 0 Å². The standard InChI is InChI=1S/C19H31N3OS/c1-21(17-6-3-2-4-7-17)19(23)20-14-16-9-11-22(12-10-16)15-18-8-5-13-24-18/h5,8,13,16-17H,2-4,6-7,9-12,14-15H2,1H3,(H,20,23). The first-order chi connectivity index (χ1) is 11.7. The molecule has 0 aromatic carbocycles.